The molecular formula is C20H17ClN2O. The third-order valence-corrected chi connectivity index (χ3v) is 3.98. The average Bonchev–Trinajstić information content (AvgIpc) is 2.62. The molecule has 0 aliphatic rings. The Bertz CT molecular complexity index is 815. The molecule has 1 aromatic heterocycles. The highest BCUT2D eigenvalue weighted by molar-refractivity contribution is 6.30. The van der Waals surface area contributed by atoms with Gasteiger partial charge in [-0.2, -0.15) is 0 Å². The summed E-state index contributed by atoms with van der Waals surface area (Å²) in [5.74, 6) is 0.518. The van der Waals surface area contributed by atoms with Gasteiger partial charge < -0.3 is 0 Å². The van der Waals surface area contributed by atoms with Crippen molar-refractivity contribution in [1.29, 1.82) is 0 Å². The highest BCUT2D eigenvalue weighted by atomic mass is 35.5. The van der Waals surface area contributed by atoms with Crippen molar-refractivity contribution in [3.63, 3.8) is 0 Å². The summed E-state index contributed by atoms with van der Waals surface area (Å²) in [6.45, 7) is 2.50. The Balaban J connectivity index is 1.94. The van der Waals surface area contributed by atoms with E-state index in [2.05, 4.69) is 4.98 Å². The molecule has 0 atom stereocenters. The van der Waals surface area contributed by atoms with Crippen molar-refractivity contribution in [3.8, 4) is 0 Å². The maximum absolute atomic E-state index is 13.0. The number of amides is 1. The van der Waals surface area contributed by atoms with Gasteiger partial charge in [0.05, 0.1) is 6.54 Å². The highest BCUT2D eigenvalue weighted by Crippen LogP contribution is 2.19. The van der Waals surface area contributed by atoms with Gasteiger partial charge in [0.25, 0.3) is 5.91 Å². The van der Waals surface area contributed by atoms with Gasteiger partial charge in [-0.3, -0.25) is 9.69 Å². The van der Waals surface area contributed by atoms with Gasteiger partial charge in [0.2, 0.25) is 0 Å². The van der Waals surface area contributed by atoms with Gasteiger partial charge in [-0.15, -0.1) is 0 Å². The fraction of sp³-hybridized carbons (Fsp3) is 0.100. The monoisotopic (exact) mass is 336 g/mol. The SMILES string of the molecule is Cc1ccc(CN(C(=O)c2ccc(Cl)cc2)c2ccccn2)cc1. The summed E-state index contributed by atoms with van der Waals surface area (Å²) in [5.41, 5.74) is 2.82. The quantitative estimate of drug-likeness (QED) is 0.679. The molecule has 3 rings (SSSR count). The number of hydrogen-bond donors (Lipinski definition) is 0. The largest absolute Gasteiger partial charge is 0.288 e. The number of aromatic nitrogens is 1. The molecule has 0 fully saturated rings. The van der Waals surface area contributed by atoms with E-state index in [4.69, 9.17) is 11.6 Å². The molecule has 120 valence electrons. The van der Waals surface area contributed by atoms with Gasteiger partial charge in [0.15, 0.2) is 0 Å². The van der Waals surface area contributed by atoms with Crippen molar-refractivity contribution in [3.05, 3.63) is 94.6 Å². The molecule has 4 heteroatoms. The van der Waals surface area contributed by atoms with Crippen LogP contribution in [0.5, 0.6) is 0 Å². The summed E-state index contributed by atoms with van der Waals surface area (Å²) in [5, 5.41) is 0.606. The topological polar surface area (TPSA) is 33.2 Å². The molecule has 3 aromatic rings. The van der Waals surface area contributed by atoms with Crippen LogP contribution in [0, 0.1) is 6.92 Å². The fourth-order valence-corrected chi connectivity index (χ4v) is 2.52. The van der Waals surface area contributed by atoms with Crippen LogP contribution in [0.1, 0.15) is 21.5 Å². The van der Waals surface area contributed by atoms with Gasteiger partial charge in [-0.1, -0.05) is 47.5 Å². The molecule has 0 unspecified atom stereocenters. The third-order valence-electron chi connectivity index (χ3n) is 3.72. The third kappa shape index (κ3) is 3.81. The van der Waals surface area contributed by atoms with E-state index in [0.29, 0.717) is 22.9 Å². The van der Waals surface area contributed by atoms with Crippen molar-refractivity contribution in [1.82, 2.24) is 4.98 Å². The normalized spacial score (nSPS) is 10.4. The number of hydrogen-bond acceptors (Lipinski definition) is 2. The Morgan fingerprint density at radius 2 is 1.71 bits per heavy atom. The minimum atomic E-state index is -0.106. The van der Waals surface area contributed by atoms with E-state index in [1.165, 1.54) is 5.56 Å². The predicted octanol–water partition coefficient (Wildman–Crippen LogP) is 4.89. The summed E-state index contributed by atoms with van der Waals surface area (Å²) in [6, 6.07) is 20.6. The van der Waals surface area contributed by atoms with E-state index in [-0.39, 0.29) is 5.91 Å². The first-order valence-corrected chi connectivity index (χ1v) is 8.05. The average molecular weight is 337 g/mol. The molecular weight excluding hydrogens is 320 g/mol. The summed E-state index contributed by atoms with van der Waals surface area (Å²) in [6.07, 6.45) is 1.69. The summed E-state index contributed by atoms with van der Waals surface area (Å²) in [4.78, 5) is 19.0. The Morgan fingerprint density at radius 1 is 1.00 bits per heavy atom. The van der Waals surface area contributed by atoms with Crippen LogP contribution in [0.3, 0.4) is 0 Å². The highest BCUT2D eigenvalue weighted by Gasteiger charge is 2.19. The van der Waals surface area contributed by atoms with Crippen LogP contribution in [0.4, 0.5) is 5.82 Å². The first-order chi connectivity index (χ1) is 11.6. The van der Waals surface area contributed by atoms with Crippen molar-refractivity contribution < 1.29 is 4.79 Å². The molecule has 2 aromatic carbocycles. The zero-order valence-electron chi connectivity index (χ0n) is 13.3. The van der Waals surface area contributed by atoms with Gasteiger partial charge in [-0.25, -0.2) is 4.98 Å². The van der Waals surface area contributed by atoms with E-state index in [1.54, 1.807) is 35.4 Å². The lowest BCUT2D eigenvalue weighted by Crippen LogP contribution is -2.31. The number of rotatable bonds is 4. The summed E-state index contributed by atoms with van der Waals surface area (Å²) in [7, 11) is 0. The zero-order valence-corrected chi connectivity index (χ0v) is 14.1. The van der Waals surface area contributed by atoms with Gasteiger partial charge >= 0.3 is 0 Å². The van der Waals surface area contributed by atoms with Crippen LogP contribution in [0.15, 0.2) is 72.9 Å². The van der Waals surface area contributed by atoms with Crippen molar-refractivity contribution in [2.24, 2.45) is 0 Å². The van der Waals surface area contributed by atoms with E-state index in [1.807, 2.05) is 49.4 Å². The molecule has 0 aliphatic carbocycles. The van der Waals surface area contributed by atoms with Crippen LogP contribution < -0.4 is 4.90 Å². The molecule has 0 radical (unpaired) electrons. The fourth-order valence-electron chi connectivity index (χ4n) is 2.39. The van der Waals surface area contributed by atoms with Crippen LogP contribution >= 0.6 is 11.6 Å². The Labute approximate surface area is 146 Å². The Kier molecular flexibility index (Phi) is 4.92. The number of benzene rings is 2. The first kappa shape index (κ1) is 16.2. The van der Waals surface area contributed by atoms with Crippen LogP contribution in [-0.4, -0.2) is 10.9 Å². The lowest BCUT2D eigenvalue weighted by atomic mass is 10.1. The number of pyridine rings is 1. The smallest absolute Gasteiger partial charge is 0.259 e. The molecule has 0 spiro atoms. The van der Waals surface area contributed by atoms with Gasteiger partial charge in [0, 0.05) is 16.8 Å². The predicted molar refractivity (Wildman–Crippen MR) is 97.4 cm³/mol. The van der Waals surface area contributed by atoms with Gasteiger partial charge in [0.1, 0.15) is 5.82 Å². The molecule has 1 amide bonds. The molecule has 1 heterocycles. The number of anilines is 1. The van der Waals surface area contributed by atoms with Gasteiger partial charge in [-0.05, 0) is 48.9 Å². The lowest BCUT2D eigenvalue weighted by Gasteiger charge is -2.22. The molecule has 0 bridgehead atoms. The maximum atomic E-state index is 13.0. The number of halogens is 1. The van der Waals surface area contributed by atoms with Crippen molar-refractivity contribution in [2.45, 2.75) is 13.5 Å². The van der Waals surface area contributed by atoms with Crippen LogP contribution in [0.2, 0.25) is 5.02 Å². The minimum absolute atomic E-state index is 0.106. The second-order valence-electron chi connectivity index (χ2n) is 5.57. The molecule has 0 aliphatic heterocycles. The Hall–Kier alpha value is -2.65. The van der Waals surface area contributed by atoms with E-state index < -0.39 is 0 Å². The molecule has 0 N–H and O–H groups in total. The second kappa shape index (κ2) is 7.28. The number of carbonyl (C=O) groups is 1. The minimum Gasteiger partial charge on any atom is -0.288 e. The number of aryl methyl sites for hydroxylation is 1. The Morgan fingerprint density at radius 3 is 2.33 bits per heavy atom. The maximum Gasteiger partial charge on any atom is 0.259 e. The standard InChI is InChI=1S/C20H17ClN2O/c1-15-5-7-16(8-6-15)14-23(19-4-2-3-13-22-19)20(24)17-9-11-18(21)12-10-17/h2-13H,14H2,1H3. The van der Waals surface area contributed by atoms with E-state index >= 15 is 0 Å². The van der Waals surface area contributed by atoms with E-state index in [9.17, 15) is 4.79 Å². The summed E-state index contributed by atoms with van der Waals surface area (Å²) < 4.78 is 0. The lowest BCUT2D eigenvalue weighted by molar-refractivity contribution is 0.0984. The second-order valence-corrected chi connectivity index (χ2v) is 6.01. The number of nitrogens with zero attached hydrogens (tertiary/aromatic N) is 2. The molecule has 3 nitrogen and oxygen atoms in total. The van der Waals surface area contributed by atoms with E-state index in [0.717, 1.165) is 5.56 Å². The molecule has 24 heavy (non-hydrogen) atoms. The summed E-state index contributed by atoms with van der Waals surface area (Å²) >= 11 is 5.92. The first-order valence-electron chi connectivity index (χ1n) is 7.67. The van der Waals surface area contributed by atoms with Crippen LogP contribution in [0.25, 0.3) is 0 Å². The van der Waals surface area contributed by atoms with Crippen molar-refractivity contribution in [2.75, 3.05) is 4.90 Å². The molecule has 0 saturated heterocycles. The van der Waals surface area contributed by atoms with Crippen LogP contribution in [-0.2, 0) is 6.54 Å². The number of carbonyl (C=O) groups excluding carboxylic acids is 1. The zero-order chi connectivity index (χ0) is 16.9. The molecule has 0 saturated carbocycles. The van der Waals surface area contributed by atoms with Crippen molar-refractivity contribution >= 4 is 23.3 Å².